The molecule has 7 heteroatoms. The summed E-state index contributed by atoms with van der Waals surface area (Å²) in [6, 6.07) is 11.3. The number of nitrogens with zero attached hydrogens (tertiary/aromatic N) is 1. The van der Waals surface area contributed by atoms with Gasteiger partial charge in [0.1, 0.15) is 11.4 Å². The minimum Gasteiger partial charge on any atom is -0.465 e. The lowest BCUT2D eigenvalue weighted by Crippen LogP contribution is -2.35. The van der Waals surface area contributed by atoms with Crippen molar-refractivity contribution in [3.05, 3.63) is 59.4 Å². The van der Waals surface area contributed by atoms with Gasteiger partial charge in [0.15, 0.2) is 0 Å². The molecule has 0 unspecified atom stereocenters. The molecule has 1 aliphatic rings. The van der Waals surface area contributed by atoms with Crippen LogP contribution in [0.25, 0.3) is 0 Å². The van der Waals surface area contributed by atoms with E-state index in [1.807, 2.05) is 0 Å². The maximum Gasteiger partial charge on any atom is 0.337 e. The van der Waals surface area contributed by atoms with Crippen LogP contribution in [0.1, 0.15) is 69.9 Å². The van der Waals surface area contributed by atoms with Gasteiger partial charge < -0.3 is 15.4 Å². The van der Waals surface area contributed by atoms with Crippen LogP contribution in [0, 0.1) is 0 Å². The molecule has 29 heavy (non-hydrogen) atoms. The third kappa shape index (κ3) is 5.63. The van der Waals surface area contributed by atoms with Gasteiger partial charge in [0.05, 0.1) is 12.7 Å². The largest absolute Gasteiger partial charge is 0.465 e. The topological polar surface area (TPSA) is 97.4 Å². The van der Waals surface area contributed by atoms with Crippen molar-refractivity contribution in [3.8, 4) is 0 Å². The minimum atomic E-state index is -0.447. The van der Waals surface area contributed by atoms with Gasteiger partial charge in [-0.05, 0) is 49.2 Å². The van der Waals surface area contributed by atoms with Crippen molar-refractivity contribution in [2.45, 2.75) is 44.6 Å². The van der Waals surface area contributed by atoms with E-state index in [1.165, 1.54) is 20.0 Å². The first-order valence-corrected chi connectivity index (χ1v) is 9.84. The van der Waals surface area contributed by atoms with Gasteiger partial charge in [-0.3, -0.25) is 9.59 Å². The van der Waals surface area contributed by atoms with Crippen LogP contribution in [0.5, 0.6) is 0 Å². The van der Waals surface area contributed by atoms with Crippen LogP contribution in [0.2, 0.25) is 0 Å². The van der Waals surface area contributed by atoms with E-state index < -0.39 is 11.9 Å². The first-order valence-electron chi connectivity index (χ1n) is 9.84. The number of benzene rings is 1. The maximum atomic E-state index is 12.5. The fraction of sp³-hybridized carbons (Fsp3) is 0.364. The number of amides is 2. The minimum absolute atomic E-state index is 0.149. The molecular formula is C22H25N3O4. The zero-order valence-electron chi connectivity index (χ0n) is 16.4. The van der Waals surface area contributed by atoms with Crippen LogP contribution in [0.4, 0.5) is 5.69 Å². The molecule has 1 aromatic carbocycles. The molecule has 1 heterocycles. The van der Waals surface area contributed by atoms with Crippen LogP contribution in [-0.4, -0.2) is 35.9 Å². The molecule has 0 bridgehead atoms. The van der Waals surface area contributed by atoms with Crippen LogP contribution in [0.15, 0.2) is 42.5 Å². The highest BCUT2D eigenvalue weighted by molar-refractivity contribution is 6.04. The Balaban J connectivity index is 1.64. The van der Waals surface area contributed by atoms with Gasteiger partial charge >= 0.3 is 5.97 Å². The number of carbonyl (C=O) groups is 3. The van der Waals surface area contributed by atoms with Gasteiger partial charge in [0.25, 0.3) is 11.8 Å². The number of methoxy groups -OCH3 is 1. The number of esters is 1. The van der Waals surface area contributed by atoms with E-state index in [1.54, 1.807) is 42.5 Å². The summed E-state index contributed by atoms with van der Waals surface area (Å²) in [6.07, 6.45) is 6.62. The molecule has 2 amide bonds. The number of anilines is 1. The van der Waals surface area contributed by atoms with Crippen molar-refractivity contribution in [2.75, 3.05) is 12.4 Å². The lowest BCUT2D eigenvalue weighted by atomic mass is 10.1. The molecule has 0 aliphatic heterocycles. The van der Waals surface area contributed by atoms with Gasteiger partial charge in [-0.1, -0.05) is 31.7 Å². The molecule has 1 aliphatic carbocycles. The fourth-order valence-electron chi connectivity index (χ4n) is 3.37. The van der Waals surface area contributed by atoms with Gasteiger partial charge in [0.2, 0.25) is 0 Å². The molecule has 3 rings (SSSR count). The Morgan fingerprint density at radius 3 is 2.14 bits per heavy atom. The Kier molecular flexibility index (Phi) is 6.94. The number of hydrogen-bond donors (Lipinski definition) is 2. The monoisotopic (exact) mass is 395 g/mol. The Labute approximate surface area is 169 Å². The third-order valence-corrected chi connectivity index (χ3v) is 4.97. The maximum absolute atomic E-state index is 12.5. The van der Waals surface area contributed by atoms with Crippen LogP contribution < -0.4 is 10.6 Å². The van der Waals surface area contributed by atoms with E-state index >= 15 is 0 Å². The zero-order valence-corrected chi connectivity index (χ0v) is 16.4. The molecule has 0 atom stereocenters. The van der Waals surface area contributed by atoms with Crippen molar-refractivity contribution in [3.63, 3.8) is 0 Å². The van der Waals surface area contributed by atoms with Crippen LogP contribution in [0.3, 0.4) is 0 Å². The van der Waals surface area contributed by atoms with Crippen molar-refractivity contribution in [1.82, 2.24) is 10.3 Å². The number of rotatable bonds is 5. The predicted octanol–water partition coefficient (Wildman–Crippen LogP) is 3.57. The van der Waals surface area contributed by atoms with Crippen molar-refractivity contribution in [2.24, 2.45) is 0 Å². The van der Waals surface area contributed by atoms with E-state index in [-0.39, 0.29) is 23.3 Å². The second-order valence-corrected chi connectivity index (χ2v) is 7.09. The summed E-state index contributed by atoms with van der Waals surface area (Å²) in [5.41, 5.74) is 1.28. The highest BCUT2D eigenvalue weighted by atomic mass is 16.5. The fourth-order valence-corrected chi connectivity index (χ4v) is 3.37. The first-order chi connectivity index (χ1) is 14.1. The SMILES string of the molecule is COC(=O)c1ccc(NC(=O)c2cccc(C(=O)NC3CCCCCC3)n2)cc1. The second-order valence-electron chi connectivity index (χ2n) is 7.09. The lowest BCUT2D eigenvalue weighted by Gasteiger charge is -2.16. The smallest absolute Gasteiger partial charge is 0.337 e. The van der Waals surface area contributed by atoms with Crippen molar-refractivity contribution in [1.29, 1.82) is 0 Å². The normalized spacial score (nSPS) is 14.5. The number of aromatic nitrogens is 1. The molecule has 1 aromatic heterocycles. The summed E-state index contributed by atoms with van der Waals surface area (Å²) in [5.74, 6) is -1.13. The standard InChI is InChI=1S/C22H25N3O4/c1-29-22(28)15-11-13-17(14-12-15)24-21(27)19-10-6-9-18(25-19)20(26)23-16-7-4-2-3-5-8-16/h6,9-14,16H,2-5,7-8H2,1H3,(H,23,26)(H,24,27). The first kappa shape index (κ1) is 20.5. The quantitative estimate of drug-likeness (QED) is 0.596. The van der Waals surface area contributed by atoms with Crippen molar-refractivity contribution < 1.29 is 19.1 Å². The van der Waals surface area contributed by atoms with E-state index in [0.29, 0.717) is 11.3 Å². The molecule has 7 nitrogen and oxygen atoms in total. The van der Waals surface area contributed by atoms with Crippen LogP contribution >= 0.6 is 0 Å². The molecule has 1 saturated carbocycles. The summed E-state index contributed by atoms with van der Waals surface area (Å²) >= 11 is 0. The molecule has 2 aromatic rings. The van der Waals surface area contributed by atoms with E-state index in [2.05, 4.69) is 20.4 Å². The average Bonchev–Trinajstić information content (AvgIpc) is 3.02. The van der Waals surface area contributed by atoms with E-state index in [9.17, 15) is 14.4 Å². The van der Waals surface area contributed by atoms with Crippen LogP contribution in [-0.2, 0) is 4.74 Å². The van der Waals surface area contributed by atoms with Gasteiger partial charge in [-0.25, -0.2) is 9.78 Å². The number of nitrogens with one attached hydrogen (secondary N) is 2. The number of carbonyl (C=O) groups excluding carboxylic acids is 3. The Bertz CT molecular complexity index is 872. The molecular weight excluding hydrogens is 370 g/mol. The zero-order chi connectivity index (χ0) is 20.6. The Hall–Kier alpha value is -3.22. The Morgan fingerprint density at radius 1 is 0.897 bits per heavy atom. The molecule has 0 radical (unpaired) electrons. The Morgan fingerprint density at radius 2 is 1.52 bits per heavy atom. The summed E-state index contributed by atoms with van der Waals surface area (Å²) in [5, 5.41) is 5.75. The molecule has 1 fully saturated rings. The average molecular weight is 395 g/mol. The van der Waals surface area contributed by atoms with Gasteiger partial charge in [-0.2, -0.15) is 0 Å². The number of ether oxygens (including phenoxy) is 1. The van der Waals surface area contributed by atoms with Crippen molar-refractivity contribution >= 4 is 23.5 Å². The second kappa shape index (κ2) is 9.82. The highest BCUT2D eigenvalue weighted by Crippen LogP contribution is 2.17. The van der Waals surface area contributed by atoms with Gasteiger partial charge in [0, 0.05) is 11.7 Å². The molecule has 0 saturated heterocycles. The number of hydrogen-bond acceptors (Lipinski definition) is 5. The summed E-state index contributed by atoms with van der Waals surface area (Å²) in [4.78, 5) is 40.7. The summed E-state index contributed by atoms with van der Waals surface area (Å²) in [6.45, 7) is 0. The molecule has 2 N–H and O–H groups in total. The van der Waals surface area contributed by atoms with E-state index in [4.69, 9.17) is 0 Å². The van der Waals surface area contributed by atoms with Gasteiger partial charge in [-0.15, -0.1) is 0 Å². The summed E-state index contributed by atoms with van der Waals surface area (Å²) < 4.78 is 4.65. The summed E-state index contributed by atoms with van der Waals surface area (Å²) in [7, 11) is 1.31. The predicted molar refractivity (Wildman–Crippen MR) is 109 cm³/mol. The highest BCUT2D eigenvalue weighted by Gasteiger charge is 2.18. The molecule has 0 spiro atoms. The number of pyridine rings is 1. The van der Waals surface area contributed by atoms with E-state index in [0.717, 1.165) is 25.7 Å². The molecule has 152 valence electrons. The lowest BCUT2D eigenvalue weighted by molar-refractivity contribution is 0.0600. The third-order valence-electron chi connectivity index (χ3n) is 4.97.